The first kappa shape index (κ1) is 21.0. The van der Waals surface area contributed by atoms with Crippen LogP contribution in [-0.2, 0) is 6.42 Å². The van der Waals surface area contributed by atoms with Gasteiger partial charge in [-0.3, -0.25) is 0 Å². The zero-order valence-corrected chi connectivity index (χ0v) is 19.4. The maximum absolute atomic E-state index is 6.37. The lowest BCUT2D eigenvalue weighted by Crippen LogP contribution is -2.03. The van der Waals surface area contributed by atoms with Crippen molar-refractivity contribution < 1.29 is 0 Å². The van der Waals surface area contributed by atoms with Gasteiger partial charge in [-0.1, -0.05) is 78.4 Å². The Balaban J connectivity index is 1.57. The number of benzene rings is 3. The molecular weight excluding hydrogens is 432 g/mol. The molecule has 2 N–H and O–H groups in total. The van der Waals surface area contributed by atoms with Crippen LogP contribution in [-0.4, -0.2) is 14.6 Å². The van der Waals surface area contributed by atoms with Crippen molar-refractivity contribution in [1.29, 1.82) is 0 Å². The van der Waals surface area contributed by atoms with E-state index in [4.69, 9.17) is 10.7 Å². The highest BCUT2D eigenvalue weighted by atomic mass is 15.3. The van der Waals surface area contributed by atoms with Gasteiger partial charge in [0.2, 0.25) is 0 Å². The molecule has 0 spiro atoms. The van der Waals surface area contributed by atoms with Crippen molar-refractivity contribution in [3.8, 4) is 11.3 Å². The lowest BCUT2D eigenvalue weighted by atomic mass is 10.0. The standard InChI is InChI=1S/C29H24N6/c1-19-12-15-23(16-13-19)32-33-26-28(30)34-35-27(21-10-6-3-7-11-21)24-17-14-22(25(24)31-29(26)35)18-20-8-4-2-5-9-20/h2-13,15-16,18H,14,17H2,1H3,(H2,30,34)/b22-18-,33-32?. The Kier molecular flexibility index (Phi) is 5.19. The first-order chi connectivity index (χ1) is 17.2. The van der Waals surface area contributed by atoms with E-state index in [1.807, 2.05) is 60.0 Å². The highest BCUT2D eigenvalue weighted by Crippen LogP contribution is 2.41. The Morgan fingerprint density at radius 2 is 1.57 bits per heavy atom. The maximum Gasteiger partial charge on any atom is 0.186 e. The minimum absolute atomic E-state index is 0.308. The van der Waals surface area contributed by atoms with Gasteiger partial charge in [0.05, 0.1) is 17.1 Å². The largest absolute Gasteiger partial charge is 0.380 e. The molecule has 0 amide bonds. The number of hydrogen-bond acceptors (Lipinski definition) is 5. The second kappa shape index (κ2) is 8.65. The summed E-state index contributed by atoms with van der Waals surface area (Å²) in [5.41, 5.74) is 16.0. The van der Waals surface area contributed by atoms with Gasteiger partial charge in [0.1, 0.15) is 0 Å². The zero-order valence-electron chi connectivity index (χ0n) is 19.4. The quantitative estimate of drug-likeness (QED) is 0.291. The minimum Gasteiger partial charge on any atom is -0.380 e. The van der Waals surface area contributed by atoms with Gasteiger partial charge in [0.15, 0.2) is 17.2 Å². The van der Waals surface area contributed by atoms with E-state index in [1.165, 1.54) is 16.7 Å². The van der Waals surface area contributed by atoms with E-state index in [9.17, 15) is 0 Å². The summed E-state index contributed by atoms with van der Waals surface area (Å²) in [4.78, 5) is 5.07. The number of fused-ring (bicyclic) bond motifs is 2. The number of allylic oxidation sites excluding steroid dienone is 1. The third-order valence-electron chi connectivity index (χ3n) is 6.30. The molecule has 0 bridgehead atoms. The van der Waals surface area contributed by atoms with Crippen molar-refractivity contribution in [3.63, 3.8) is 0 Å². The van der Waals surface area contributed by atoms with E-state index in [0.29, 0.717) is 17.2 Å². The van der Waals surface area contributed by atoms with Crippen LogP contribution in [0.25, 0.3) is 28.6 Å². The van der Waals surface area contributed by atoms with Gasteiger partial charge in [-0.15, -0.1) is 10.2 Å². The molecule has 0 fully saturated rings. The molecule has 6 heteroatoms. The summed E-state index contributed by atoms with van der Waals surface area (Å²) in [6.45, 7) is 2.04. The summed E-state index contributed by atoms with van der Waals surface area (Å²) in [7, 11) is 0. The fraction of sp³-hybridized carbons (Fsp3) is 0.103. The Morgan fingerprint density at radius 3 is 2.31 bits per heavy atom. The van der Waals surface area contributed by atoms with Crippen LogP contribution < -0.4 is 5.73 Å². The molecule has 0 radical (unpaired) electrons. The number of anilines is 1. The summed E-state index contributed by atoms with van der Waals surface area (Å²) >= 11 is 0. The lowest BCUT2D eigenvalue weighted by molar-refractivity contribution is 0.928. The second-order valence-corrected chi connectivity index (χ2v) is 8.74. The SMILES string of the molecule is Cc1ccc(N=Nc2c(N)nn3c(-c4ccccc4)c4c(nc23)/C(=C\c2ccccc2)CC4)cc1. The van der Waals surface area contributed by atoms with Crippen molar-refractivity contribution in [1.82, 2.24) is 14.6 Å². The van der Waals surface area contributed by atoms with Crippen LogP contribution in [0.2, 0.25) is 0 Å². The molecule has 6 rings (SSSR count). The van der Waals surface area contributed by atoms with E-state index >= 15 is 0 Å². The first-order valence-corrected chi connectivity index (χ1v) is 11.7. The van der Waals surface area contributed by atoms with Crippen LogP contribution in [0, 0.1) is 6.92 Å². The predicted molar refractivity (Wildman–Crippen MR) is 141 cm³/mol. The molecule has 35 heavy (non-hydrogen) atoms. The molecule has 5 aromatic rings. The van der Waals surface area contributed by atoms with Crippen LogP contribution >= 0.6 is 0 Å². The molecule has 0 saturated carbocycles. The molecule has 170 valence electrons. The summed E-state index contributed by atoms with van der Waals surface area (Å²) in [6.07, 6.45) is 4.03. The van der Waals surface area contributed by atoms with Crippen LogP contribution in [0.4, 0.5) is 17.2 Å². The Morgan fingerprint density at radius 1 is 0.857 bits per heavy atom. The zero-order chi connectivity index (χ0) is 23.8. The number of azo groups is 1. The first-order valence-electron chi connectivity index (χ1n) is 11.7. The number of hydrogen-bond donors (Lipinski definition) is 1. The van der Waals surface area contributed by atoms with E-state index < -0.39 is 0 Å². The minimum atomic E-state index is 0.308. The third-order valence-corrected chi connectivity index (χ3v) is 6.30. The molecule has 0 aliphatic heterocycles. The van der Waals surface area contributed by atoms with Gasteiger partial charge in [0, 0.05) is 11.1 Å². The molecule has 1 aliphatic carbocycles. The van der Waals surface area contributed by atoms with Crippen LogP contribution in [0.5, 0.6) is 0 Å². The highest BCUT2D eigenvalue weighted by molar-refractivity contribution is 5.89. The molecule has 1 aliphatic rings. The summed E-state index contributed by atoms with van der Waals surface area (Å²) in [5.74, 6) is 0.308. The maximum atomic E-state index is 6.37. The number of nitrogens with zero attached hydrogens (tertiary/aromatic N) is 5. The molecule has 0 unspecified atom stereocenters. The Hall–Kier alpha value is -4.58. The Labute approximate surface area is 203 Å². The molecule has 2 heterocycles. The van der Waals surface area contributed by atoms with Crippen molar-refractivity contribution in [3.05, 3.63) is 107 Å². The van der Waals surface area contributed by atoms with Crippen LogP contribution in [0.15, 0.2) is 95.2 Å². The molecule has 0 saturated heterocycles. The van der Waals surface area contributed by atoms with Crippen molar-refractivity contribution >= 4 is 34.5 Å². The number of nitrogens with two attached hydrogens (primary N) is 1. The van der Waals surface area contributed by atoms with Gasteiger partial charge in [-0.2, -0.15) is 5.11 Å². The second-order valence-electron chi connectivity index (χ2n) is 8.74. The number of rotatable bonds is 4. The van der Waals surface area contributed by atoms with Crippen LogP contribution in [0.3, 0.4) is 0 Å². The Bertz CT molecular complexity index is 1580. The summed E-state index contributed by atoms with van der Waals surface area (Å²) in [6, 6.07) is 28.5. The van der Waals surface area contributed by atoms with E-state index in [1.54, 1.807) is 0 Å². The van der Waals surface area contributed by atoms with Gasteiger partial charge in [0.25, 0.3) is 0 Å². The van der Waals surface area contributed by atoms with E-state index in [2.05, 4.69) is 57.8 Å². The fourth-order valence-electron chi connectivity index (χ4n) is 4.57. The fourth-order valence-corrected chi connectivity index (χ4v) is 4.57. The molecule has 3 aromatic carbocycles. The summed E-state index contributed by atoms with van der Waals surface area (Å²) in [5, 5.41) is 13.6. The van der Waals surface area contributed by atoms with Gasteiger partial charge in [-0.05, 0) is 49.1 Å². The number of aryl methyl sites for hydroxylation is 1. The van der Waals surface area contributed by atoms with Crippen molar-refractivity contribution in [2.45, 2.75) is 19.8 Å². The average Bonchev–Trinajstić information content (AvgIpc) is 3.43. The molecule has 2 aromatic heterocycles. The average molecular weight is 457 g/mol. The number of nitrogen functional groups attached to an aromatic ring is 1. The van der Waals surface area contributed by atoms with Crippen molar-refractivity contribution in [2.24, 2.45) is 10.2 Å². The highest BCUT2D eigenvalue weighted by Gasteiger charge is 2.27. The molecular formula is C29H24N6. The molecule has 0 atom stereocenters. The van der Waals surface area contributed by atoms with E-state index in [-0.39, 0.29) is 0 Å². The normalized spacial score (nSPS) is 14.3. The lowest BCUT2D eigenvalue weighted by Gasteiger charge is -2.11. The predicted octanol–water partition coefficient (Wildman–Crippen LogP) is 7.19. The van der Waals surface area contributed by atoms with Crippen molar-refractivity contribution in [2.75, 3.05) is 5.73 Å². The molecule has 6 nitrogen and oxygen atoms in total. The van der Waals surface area contributed by atoms with Gasteiger partial charge in [-0.25, -0.2) is 9.50 Å². The summed E-state index contributed by atoms with van der Waals surface area (Å²) < 4.78 is 1.83. The van der Waals surface area contributed by atoms with Gasteiger partial charge >= 0.3 is 0 Å². The van der Waals surface area contributed by atoms with E-state index in [0.717, 1.165) is 41.0 Å². The monoisotopic (exact) mass is 456 g/mol. The van der Waals surface area contributed by atoms with Crippen LogP contribution in [0.1, 0.15) is 28.8 Å². The number of aromatic nitrogens is 3. The smallest absolute Gasteiger partial charge is 0.186 e. The van der Waals surface area contributed by atoms with Gasteiger partial charge < -0.3 is 5.73 Å². The third kappa shape index (κ3) is 3.89. The topological polar surface area (TPSA) is 80.9 Å².